The smallest absolute Gasteiger partial charge is 0.224 e. The van der Waals surface area contributed by atoms with Crippen molar-refractivity contribution in [3.8, 4) is 0 Å². The molecule has 1 aliphatic rings. The SMILES string of the molecule is CN(C(=O)C[C@H](N)Cc1ccccc1F)[C@@H](CN1CCCC1)c1ccccc1. The van der Waals surface area contributed by atoms with E-state index in [-0.39, 0.29) is 24.2 Å². The molecule has 0 saturated carbocycles. The Hall–Kier alpha value is -2.24. The van der Waals surface area contributed by atoms with E-state index in [9.17, 15) is 9.18 Å². The molecule has 2 atom stereocenters. The van der Waals surface area contributed by atoms with Gasteiger partial charge in [-0.25, -0.2) is 4.39 Å². The molecular formula is C23H30FN3O. The molecule has 2 N–H and O–H groups in total. The third kappa shape index (κ3) is 5.40. The fourth-order valence-corrected chi connectivity index (χ4v) is 3.90. The minimum absolute atomic E-state index is 0.00288. The van der Waals surface area contributed by atoms with Crippen LogP contribution in [0.5, 0.6) is 0 Å². The molecule has 5 heteroatoms. The molecule has 0 spiro atoms. The van der Waals surface area contributed by atoms with Crippen molar-refractivity contribution in [1.82, 2.24) is 9.80 Å². The molecule has 1 heterocycles. The Balaban J connectivity index is 1.66. The van der Waals surface area contributed by atoms with Gasteiger partial charge in [-0.1, -0.05) is 48.5 Å². The van der Waals surface area contributed by atoms with Crippen LogP contribution >= 0.6 is 0 Å². The van der Waals surface area contributed by atoms with E-state index in [1.54, 1.807) is 18.2 Å². The Morgan fingerprint density at radius 3 is 2.43 bits per heavy atom. The predicted octanol–water partition coefficient (Wildman–Crippen LogP) is 3.38. The highest BCUT2D eigenvalue weighted by molar-refractivity contribution is 5.77. The number of halogens is 1. The van der Waals surface area contributed by atoms with Crippen LogP contribution in [0.4, 0.5) is 4.39 Å². The molecule has 0 bridgehead atoms. The van der Waals surface area contributed by atoms with Crippen LogP contribution in [-0.4, -0.2) is 48.4 Å². The summed E-state index contributed by atoms with van der Waals surface area (Å²) in [6, 6.07) is 16.3. The third-order valence-electron chi connectivity index (χ3n) is 5.55. The zero-order valence-corrected chi connectivity index (χ0v) is 16.6. The van der Waals surface area contributed by atoms with Gasteiger partial charge in [-0.05, 0) is 49.5 Å². The first-order chi connectivity index (χ1) is 13.5. The second-order valence-corrected chi connectivity index (χ2v) is 7.70. The number of rotatable bonds is 8. The van der Waals surface area contributed by atoms with Gasteiger partial charge in [0, 0.05) is 26.1 Å². The van der Waals surface area contributed by atoms with Crippen LogP contribution in [0.15, 0.2) is 54.6 Å². The number of hydrogen-bond acceptors (Lipinski definition) is 3. The van der Waals surface area contributed by atoms with Crippen LogP contribution < -0.4 is 5.73 Å². The monoisotopic (exact) mass is 383 g/mol. The molecule has 1 aliphatic heterocycles. The summed E-state index contributed by atoms with van der Waals surface area (Å²) < 4.78 is 13.9. The number of carbonyl (C=O) groups excluding carboxylic acids is 1. The summed E-state index contributed by atoms with van der Waals surface area (Å²) in [5.41, 5.74) is 7.88. The molecule has 0 aliphatic carbocycles. The van der Waals surface area contributed by atoms with Gasteiger partial charge >= 0.3 is 0 Å². The van der Waals surface area contributed by atoms with Gasteiger partial charge in [0.1, 0.15) is 5.82 Å². The summed E-state index contributed by atoms with van der Waals surface area (Å²) in [5.74, 6) is -0.271. The highest BCUT2D eigenvalue weighted by atomic mass is 19.1. The Morgan fingerprint density at radius 1 is 1.11 bits per heavy atom. The quantitative estimate of drug-likeness (QED) is 0.760. The Kier molecular flexibility index (Phi) is 7.18. The molecule has 2 aromatic rings. The van der Waals surface area contributed by atoms with E-state index >= 15 is 0 Å². The minimum atomic E-state index is -0.407. The molecule has 1 amide bonds. The van der Waals surface area contributed by atoms with Crippen molar-refractivity contribution in [2.24, 2.45) is 5.73 Å². The predicted molar refractivity (Wildman–Crippen MR) is 110 cm³/mol. The molecule has 28 heavy (non-hydrogen) atoms. The molecule has 3 rings (SSSR count). The van der Waals surface area contributed by atoms with E-state index in [1.807, 2.05) is 30.1 Å². The standard InChI is InChI=1S/C23H30FN3O/c1-26(23(28)16-20(25)15-19-11-5-6-12-21(19)24)22(17-27-13-7-8-14-27)18-9-3-2-4-10-18/h2-6,9-12,20,22H,7-8,13-17,25H2,1H3/t20-,22+/m1/s1. The van der Waals surface area contributed by atoms with Gasteiger partial charge in [0.2, 0.25) is 5.91 Å². The zero-order chi connectivity index (χ0) is 19.9. The Bertz CT molecular complexity index is 761. The molecule has 0 aromatic heterocycles. The summed E-state index contributed by atoms with van der Waals surface area (Å²) in [5, 5.41) is 0. The molecule has 0 unspecified atom stereocenters. The van der Waals surface area contributed by atoms with Gasteiger partial charge in [0.25, 0.3) is 0 Å². The normalized spacial score (nSPS) is 16.7. The van der Waals surface area contributed by atoms with Crippen molar-refractivity contribution in [1.29, 1.82) is 0 Å². The van der Waals surface area contributed by atoms with Crippen molar-refractivity contribution in [2.75, 3.05) is 26.7 Å². The van der Waals surface area contributed by atoms with Gasteiger partial charge in [-0.3, -0.25) is 4.79 Å². The highest BCUT2D eigenvalue weighted by Crippen LogP contribution is 2.24. The number of likely N-dealkylation sites (tertiary alicyclic amines) is 1. The lowest BCUT2D eigenvalue weighted by atomic mass is 10.0. The number of benzene rings is 2. The van der Waals surface area contributed by atoms with Gasteiger partial charge in [-0.15, -0.1) is 0 Å². The maximum absolute atomic E-state index is 13.9. The maximum atomic E-state index is 13.9. The van der Waals surface area contributed by atoms with Crippen LogP contribution in [0, 0.1) is 5.82 Å². The average Bonchev–Trinajstić information content (AvgIpc) is 3.21. The first-order valence-electron chi connectivity index (χ1n) is 10.1. The summed E-state index contributed by atoms with van der Waals surface area (Å²) in [6.07, 6.45) is 2.99. The number of likely N-dealkylation sites (N-methyl/N-ethyl adjacent to an activating group) is 1. The number of hydrogen-bond donors (Lipinski definition) is 1. The lowest BCUT2D eigenvalue weighted by Crippen LogP contribution is -2.41. The van der Waals surface area contributed by atoms with Crippen LogP contribution in [0.2, 0.25) is 0 Å². The molecule has 4 nitrogen and oxygen atoms in total. The minimum Gasteiger partial charge on any atom is -0.337 e. The number of amides is 1. The van der Waals surface area contributed by atoms with E-state index in [1.165, 1.54) is 18.9 Å². The molecule has 0 radical (unpaired) electrons. The van der Waals surface area contributed by atoms with Gasteiger partial charge in [0.15, 0.2) is 0 Å². The van der Waals surface area contributed by atoms with E-state index < -0.39 is 6.04 Å². The van der Waals surface area contributed by atoms with Crippen LogP contribution in [0.1, 0.15) is 36.4 Å². The van der Waals surface area contributed by atoms with E-state index in [0.717, 1.165) is 25.2 Å². The average molecular weight is 384 g/mol. The van der Waals surface area contributed by atoms with Gasteiger partial charge in [0.05, 0.1) is 6.04 Å². The lowest BCUT2D eigenvalue weighted by Gasteiger charge is -2.32. The fourth-order valence-electron chi connectivity index (χ4n) is 3.90. The first kappa shape index (κ1) is 20.5. The topological polar surface area (TPSA) is 49.6 Å². The molecular weight excluding hydrogens is 353 g/mol. The summed E-state index contributed by atoms with van der Waals surface area (Å²) in [7, 11) is 1.85. The zero-order valence-electron chi connectivity index (χ0n) is 16.6. The van der Waals surface area contributed by atoms with Crippen molar-refractivity contribution < 1.29 is 9.18 Å². The summed E-state index contributed by atoms with van der Waals surface area (Å²) >= 11 is 0. The molecule has 150 valence electrons. The highest BCUT2D eigenvalue weighted by Gasteiger charge is 2.26. The number of carbonyl (C=O) groups is 1. The number of nitrogens with zero attached hydrogens (tertiary/aromatic N) is 2. The first-order valence-corrected chi connectivity index (χ1v) is 10.1. The van der Waals surface area contributed by atoms with E-state index in [2.05, 4.69) is 17.0 Å². The number of nitrogens with two attached hydrogens (primary N) is 1. The molecule has 1 saturated heterocycles. The largest absolute Gasteiger partial charge is 0.337 e. The van der Waals surface area contributed by atoms with Crippen LogP contribution in [-0.2, 0) is 11.2 Å². The van der Waals surface area contributed by atoms with E-state index in [0.29, 0.717) is 12.0 Å². The van der Waals surface area contributed by atoms with Crippen molar-refractivity contribution in [3.05, 3.63) is 71.5 Å². The second kappa shape index (κ2) is 9.80. The van der Waals surface area contributed by atoms with Crippen molar-refractivity contribution >= 4 is 5.91 Å². The lowest BCUT2D eigenvalue weighted by molar-refractivity contribution is -0.132. The van der Waals surface area contributed by atoms with Crippen LogP contribution in [0.25, 0.3) is 0 Å². The second-order valence-electron chi connectivity index (χ2n) is 7.70. The maximum Gasteiger partial charge on any atom is 0.224 e. The molecule has 2 aromatic carbocycles. The Morgan fingerprint density at radius 2 is 1.75 bits per heavy atom. The van der Waals surface area contributed by atoms with E-state index in [4.69, 9.17) is 5.73 Å². The fraction of sp³-hybridized carbons (Fsp3) is 0.435. The van der Waals surface area contributed by atoms with Crippen LogP contribution in [0.3, 0.4) is 0 Å². The molecule has 1 fully saturated rings. The third-order valence-corrected chi connectivity index (χ3v) is 5.55. The van der Waals surface area contributed by atoms with Gasteiger partial charge < -0.3 is 15.5 Å². The van der Waals surface area contributed by atoms with Gasteiger partial charge in [-0.2, -0.15) is 0 Å². The summed E-state index contributed by atoms with van der Waals surface area (Å²) in [4.78, 5) is 17.2. The summed E-state index contributed by atoms with van der Waals surface area (Å²) in [6.45, 7) is 2.99. The van der Waals surface area contributed by atoms with Crippen molar-refractivity contribution in [2.45, 2.75) is 37.8 Å². The Labute approximate surface area is 167 Å². The van der Waals surface area contributed by atoms with Crippen molar-refractivity contribution in [3.63, 3.8) is 0 Å².